The molecule has 0 amide bonds. The Morgan fingerprint density at radius 1 is 1.33 bits per heavy atom. The van der Waals surface area contributed by atoms with E-state index in [1.165, 1.54) is 0 Å². The van der Waals surface area contributed by atoms with Crippen molar-refractivity contribution in [3.63, 3.8) is 0 Å². The first-order chi connectivity index (χ1) is 8.67. The monoisotopic (exact) mass is 240 g/mol. The van der Waals surface area contributed by atoms with Gasteiger partial charge in [0.1, 0.15) is 5.82 Å². The second-order valence-electron chi connectivity index (χ2n) is 4.09. The molecule has 0 bridgehead atoms. The lowest BCUT2D eigenvalue weighted by atomic mass is 10.1. The van der Waals surface area contributed by atoms with Crippen LogP contribution in [0.4, 0.5) is 0 Å². The fraction of sp³-hybridized carbons (Fsp3) is 0.200. The number of rotatable bonds is 3. The predicted molar refractivity (Wildman–Crippen MR) is 74.6 cm³/mol. The molecule has 0 atom stereocenters. The summed E-state index contributed by atoms with van der Waals surface area (Å²) in [6, 6.07) is 5.60. The summed E-state index contributed by atoms with van der Waals surface area (Å²) in [6.07, 6.45) is 5.95. The molecule has 0 radical (unpaired) electrons. The average Bonchev–Trinajstić information content (AvgIpc) is 2.78. The van der Waals surface area contributed by atoms with Crippen LogP contribution in [0.15, 0.2) is 36.4 Å². The normalized spacial score (nSPS) is 12.5. The zero-order valence-corrected chi connectivity index (χ0v) is 10.8. The van der Waals surface area contributed by atoms with E-state index in [2.05, 4.69) is 9.97 Å². The molecule has 1 heterocycles. The van der Waals surface area contributed by atoms with Crippen molar-refractivity contribution in [3.8, 4) is 0 Å². The average molecular weight is 240 g/mol. The second-order valence-corrected chi connectivity index (χ2v) is 4.09. The first kappa shape index (κ1) is 12.3. The number of ketones is 1. The summed E-state index contributed by atoms with van der Waals surface area (Å²) in [5.41, 5.74) is 3.31. The molecular weight excluding hydrogens is 224 g/mol. The SMILES string of the molecule is CC=C/C(=C\C)c1nc2c(C(C)=O)cccc2[nH]1. The zero-order valence-electron chi connectivity index (χ0n) is 10.8. The number of Topliss-reactive ketones (excluding diaryl/α,β-unsaturated/α-hetero) is 1. The first-order valence-electron chi connectivity index (χ1n) is 5.96. The smallest absolute Gasteiger partial charge is 0.162 e. The number of H-pyrrole nitrogens is 1. The van der Waals surface area contributed by atoms with Gasteiger partial charge in [-0.25, -0.2) is 4.98 Å². The fourth-order valence-corrected chi connectivity index (χ4v) is 1.94. The summed E-state index contributed by atoms with van der Waals surface area (Å²) in [7, 11) is 0. The minimum Gasteiger partial charge on any atom is -0.338 e. The Morgan fingerprint density at radius 3 is 2.72 bits per heavy atom. The van der Waals surface area contributed by atoms with E-state index in [1.54, 1.807) is 13.0 Å². The minimum atomic E-state index is 0.0340. The molecule has 0 unspecified atom stereocenters. The van der Waals surface area contributed by atoms with Crippen LogP contribution in [0, 0.1) is 0 Å². The summed E-state index contributed by atoms with van der Waals surface area (Å²) in [5, 5.41) is 0. The molecule has 92 valence electrons. The topological polar surface area (TPSA) is 45.8 Å². The Bertz CT molecular complexity index is 648. The van der Waals surface area contributed by atoms with E-state index in [0.717, 1.165) is 22.4 Å². The van der Waals surface area contributed by atoms with Crippen molar-refractivity contribution in [2.45, 2.75) is 20.8 Å². The van der Waals surface area contributed by atoms with E-state index in [0.29, 0.717) is 5.56 Å². The number of imidazole rings is 1. The number of para-hydroxylation sites is 1. The number of hydrogen-bond acceptors (Lipinski definition) is 2. The molecule has 2 aromatic rings. The third-order valence-corrected chi connectivity index (χ3v) is 2.82. The van der Waals surface area contributed by atoms with Gasteiger partial charge < -0.3 is 4.98 Å². The van der Waals surface area contributed by atoms with Crippen molar-refractivity contribution in [3.05, 3.63) is 47.8 Å². The molecule has 2 rings (SSSR count). The number of aromatic amines is 1. The van der Waals surface area contributed by atoms with Crippen molar-refractivity contribution in [2.75, 3.05) is 0 Å². The maximum absolute atomic E-state index is 11.6. The van der Waals surface area contributed by atoms with E-state index in [-0.39, 0.29) is 5.78 Å². The first-order valence-corrected chi connectivity index (χ1v) is 5.96. The maximum Gasteiger partial charge on any atom is 0.162 e. The van der Waals surface area contributed by atoms with Crippen LogP contribution >= 0.6 is 0 Å². The number of fused-ring (bicyclic) bond motifs is 1. The van der Waals surface area contributed by atoms with Crippen molar-refractivity contribution < 1.29 is 4.79 Å². The quantitative estimate of drug-likeness (QED) is 0.656. The van der Waals surface area contributed by atoms with Gasteiger partial charge in [-0.05, 0) is 32.9 Å². The van der Waals surface area contributed by atoms with E-state index in [4.69, 9.17) is 0 Å². The zero-order chi connectivity index (χ0) is 13.1. The molecule has 0 spiro atoms. The molecule has 0 fully saturated rings. The molecule has 0 aliphatic heterocycles. The van der Waals surface area contributed by atoms with Crippen LogP contribution in [0.25, 0.3) is 16.6 Å². The standard InChI is InChI=1S/C15H16N2O/c1-4-7-11(5-2)15-16-13-9-6-8-12(10(3)18)14(13)17-15/h4-9H,1-3H3,(H,16,17)/b7-4?,11-5+. The highest BCUT2D eigenvalue weighted by molar-refractivity contribution is 6.05. The Labute approximate surface area is 106 Å². The number of benzene rings is 1. The second kappa shape index (κ2) is 5.00. The third-order valence-electron chi connectivity index (χ3n) is 2.82. The highest BCUT2D eigenvalue weighted by Crippen LogP contribution is 2.21. The Hall–Kier alpha value is -2.16. The van der Waals surface area contributed by atoms with Gasteiger partial charge in [-0.2, -0.15) is 0 Å². The number of allylic oxidation sites excluding steroid dienone is 4. The van der Waals surface area contributed by atoms with Gasteiger partial charge in [-0.3, -0.25) is 4.79 Å². The highest BCUT2D eigenvalue weighted by atomic mass is 16.1. The number of hydrogen-bond donors (Lipinski definition) is 1. The molecular formula is C15H16N2O. The largest absolute Gasteiger partial charge is 0.338 e. The van der Waals surface area contributed by atoms with Gasteiger partial charge in [0.15, 0.2) is 5.78 Å². The predicted octanol–water partition coefficient (Wildman–Crippen LogP) is 3.74. The number of nitrogens with one attached hydrogen (secondary N) is 1. The minimum absolute atomic E-state index is 0.0340. The molecule has 0 aliphatic rings. The van der Waals surface area contributed by atoms with E-state index >= 15 is 0 Å². The van der Waals surface area contributed by atoms with Gasteiger partial charge in [0.25, 0.3) is 0 Å². The number of carbonyl (C=O) groups excluding carboxylic acids is 1. The van der Waals surface area contributed by atoms with Crippen LogP contribution in [0.5, 0.6) is 0 Å². The van der Waals surface area contributed by atoms with Crippen LogP contribution in [-0.4, -0.2) is 15.8 Å². The summed E-state index contributed by atoms with van der Waals surface area (Å²) in [5.74, 6) is 0.825. The number of aromatic nitrogens is 2. The van der Waals surface area contributed by atoms with Gasteiger partial charge in [0.2, 0.25) is 0 Å². The van der Waals surface area contributed by atoms with E-state index in [9.17, 15) is 4.79 Å². The van der Waals surface area contributed by atoms with Crippen LogP contribution in [0.3, 0.4) is 0 Å². The van der Waals surface area contributed by atoms with Crippen LogP contribution < -0.4 is 0 Å². The lowest BCUT2D eigenvalue weighted by Crippen LogP contribution is -1.92. The third kappa shape index (κ3) is 2.12. The number of nitrogens with zero attached hydrogens (tertiary/aromatic N) is 1. The lowest BCUT2D eigenvalue weighted by molar-refractivity contribution is 0.101. The highest BCUT2D eigenvalue weighted by Gasteiger charge is 2.11. The molecule has 18 heavy (non-hydrogen) atoms. The maximum atomic E-state index is 11.6. The molecule has 3 heteroatoms. The van der Waals surface area contributed by atoms with Crippen molar-refractivity contribution in [1.29, 1.82) is 0 Å². The Kier molecular flexibility index (Phi) is 3.42. The van der Waals surface area contributed by atoms with Crippen LogP contribution in [-0.2, 0) is 0 Å². The molecule has 1 aromatic carbocycles. The molecule has 1 N–H and O–H groups in total. The number of carbonyl (C=O) groups is 1. The van der Waals surface area contributed by atoms with Crippen molar-refractivity contribution >= 4 is 22.4 Å². The Balaban J connectivity index is 2.64. The summed E-state index contributed by atoms with van der Waals surface area (Å²) in [6.45, 7) is 5.49. The van der Waals surface area contributed by atoms with Crippen LogP contribution in [0.1, 0.15) is 37.0 Å². The van der Waals surface area contributed by atoms with Gasteiger partial charge in [0, 0.05) is 11.1 Å². The van der Waals surface area contributed by atoms with Gasteiger partial charge >= 0.3 is 0 Å². The fourth-order valence-electron chi connectivity index (χ4n) is 1.94. The lowest BCUT2D eigenvalue weighted by Gasteiger charge is -1.95. The van der Waals surface area contributed by atoms with Gasteiger partial charge in [0.05, 0.1) is 11.0 Å². The molecule has 0 aliphatic carbocycles. The van der Waals surface area contributed by atoms with E-state index < -0.39 is 0 Å². The molecule has 3 nitrogen and oxygen atoms in total. The van der Waals surface area contributed by atoms with Crippen molar-refractivity contribution in [1.82, 2.24) is 9.97 Å². The molecule has 0 saturated heterocycles. The summed E-state index contributed by atoms with van der Waals surface area (Å²) >= 11 is 0. The Morgan fingerprint density at radius 2 is 2.11 bits per heavy atom. The van der Waals surface area contributed by atoms with Crippen molar-refractivity contribution in [2.24, 2.45) is 0 Å². The molecule has 1 aromatic heterocycles. The summed E-state index contributed by atoms with van der Waals surface area (Å²) in [4.78, 5) is 19.3. The van der Waals surface area contributed by atoms with E-state index in [1.807, 2.05) is 44.2 Å². The molecule has 0 saturated carbocycles. The van der Waals surface area contributed by atoms with Gasteiger partial charge in [-0.1, -0.05) is 24.3 Å². The summed E-state index contributed by atoms with van der Waals surface area (Å²) < 4.78 is 0. The van der Waals surface area contributed by atoms with Crippen LogP contribution in [0.2, 0.25) is 0 Å². The van der Waals surface area contributed by atoms with Gasteiger partial charge in [-0.15, -0.1) is 0 Å².